The van der Waals surface area contributed by atoms with Gasteiger partial charge in [0.1, 0.15) is 24.4 Å². The maximum Gasteiger partial charge on any atom is 0.308 e. The summed E-state index contributed by atoms with van der Waals surface area (Å²) >= 11 is 0. The summed E-state index contributed by atoms with van der Waals surface area (Å²) in [4.78, 5) is 27.4. The summed E-state index contributed by atoms with van der Waals surface area (Å²) in [5.74, 6) is -1.45. The molecule has 0 aliphatic carbocycles. The SMILES string of the molecule is CC[C@H]1C[C@@H](C)C(=O)/C=C/C=C/[C@H](O)[C@@H](C)OC(=O)C[C@@H](O)[C@H](OC)[C@H]1O[C@H]1O[C@@H](C)C[C@H](N(C)C)[C@@H]1O. The number of nitrogens with zero attached hydrogens (tertiary/aromatic N) is 1. The average Bonchev–Trinajstić information content (AvgIpc) is 2.85. The number of hydrogen-bond donors (Lipinski definition) is 3. The smallest absolute Gasteiger partial charge is 0.308 e. The lowest BCUT2D eigenvalue weighted by molar-refractivity contribution is -0.290. The largest absolute Gasteiger partial charge is 0.459 e. The van der Waals surface area contributed by atoms with Gasteiger partial charge in [-0.3, -0.25) is 9.59 Å². The Labute approximate surface area is 226 Å². The summed E-state index contributed by atoms with van der Waals surface area (Å²) in [6, 6.07) is -0.206. The van der Waals surface area contributed by atoms with Crippen LogP contribution >= 0.6 is 0 Å². The van der Waals surface area contributed by atoms with Gasteiger partial charge in [-0.15, -0.1) is 0 Å². The Morgan fingerprint density at radius 1 is 1.05 bits per heavy atom. The zero-order valence-electron chi connectivity index (χ0n) is 23.7. The molecular formula is C28H47NO9. The van der Waals surface area contributed by atoms with Gasteiger partial charge < -0.3 is 39.2 Å². The Hall–Kier alpha value is -1.66. The van der Waals surface area contributed by atoms with Crippen LogP contribution in [0.15, 0.2) is 24.3 Å². The molecule has 0 aromatic carbocycles. The summed E-state index contributed by atoms with van der Waals surface area (Å²) in [5, 5.41) is 32.5. The molecule has 0 aromatic rings. The standard InChI is InChI=1S/C28H47NO9/c1-8-19-13-16(2)21(30)11-9-10-12-22(31)18(4)37-24(33)15-23(32)27(35-7)26(19)38-28-25(34)20(29(5)6)14-17(3)36-28/h9-12,16-20,22-23,25-28,31-32,34H,8,13-15H2,1-7H3/b11-9+,12-10+/t16-,17+,18-,19+,20+,22+,23-,25+,26+,27+,28-/m1/s1. The number of ketones is 1. The van der Waals surface area contributed by atoms with E-state index in [0.717, 1.165) is 0 Å². The van der Waals surface area contributed by atoms with Crippen LogP contribution in [0, 0.1) is 11.8 Å². The highest BCUT2D eigenvalue weighted by Crippen LogP contribution is 2.32. The second-order valence-electron chi connectivity index (χ2n) is 10.8. The number of rotatable bonds is 5. The molecule has 0 amide bonds. The fourth-order valence-corrected chi connectivity index (χ4v) is 5.14. The van der Waals surface area contributed by atoms with Gasteiger partial charge in [-0.05, 0) is 52.8 Å². The topological polar surface area (TPSA) is 135 Å². The number of methoxy groups -OCH3 is 1. The van der Waals surface area contributed by atoms with Crippen LogP contribution in [0.2, 0.25) is 0 Å². The Bertz CT molecular complexity index is 816. The highest BCUT2D eigenvalue weighted by molar-refractivity contribution is 5.91. The van der Waals surface area contributed by atoms with Crippen molar-refractivity contribution < 1.29 is 43.9 Å². The monoisotopic (exact) mass is 541 g/mol. The highest BCUT2D eigenvalue weighted by atomic mass is 16.7. The van der Waals surface area contributed by atoms with E-state index in [1.54, 1.807) is 6.08 Å². The number of likely N-dealkylation sites (N-methyl/N-ethyl adjacent to an activating group) is 1. The van der Waals surface area contributed by atoms with E-state index in [1.165, 1.54) is 32.3 Å². The molecule has 38 heavy (non-hydrogen) atoms. The molecule has 2 aliphatic rings. The molecule has 0 aromatic heterocycles. The lowest BCUT2D eigenvalue weighted by Crippen LogP contribution is -2.57. The van der Waals surface area contributed by atoms with Gasteiger partial charge in [-0.2, -0.15) is 0 Å². The van der Waals surface area contributed by atoms with E-state index in [2.05, 4.69) is 0 Å². The zero-order valence-corrected chi connectivity index (χ0v) is 23.7. The first-order chi connectivity index (χ1) is 17.9. The first-order valence-corrected chi connectivity index (χ1v) is 13.5. The van der Waals surface area contributed by atoms with Crippen LogP contribution in [0.1, 0.15) is 53.4 Å². The molecule has 0 saturated carbocycles. The van der Waals surface area contributed by atoms with Crippen molar-refractivity contribution >= 4 is 11.8 Å². The second kappa shape index (κ2) is 15.2. The lowest BCUT2D eigenvalue weighted by atomic mass is 9.83. The third-order valence-corrected chi connectivity index (χ3v) is 7.53. The van der Waals surface area contributed by atoms with Gasteiger partial charge in [0.15, 0.2) is 12.1 Å². The van der Waals surface area contributed by atoms with E-state index in [1.807, 2.05) is 39.8 Å². The van der Waals surface area contributed by atoms with Crippen molar-refractivity contribution in [3.05, 3.63) is 24.3 Å². The van der Waals surface area contributed by atoms with Gasteiger partial charge in [0, 0.05) is 19.1 Å². The number of cyclic esters (lactones) is 1. The highest BCUT2D eigenvalue weighted by Gasteiger charge is 2.44. The molecule has 2 heterocycles. The van der Waals surface area contributed by atoms with Gasteiger partial charge >= 0.3 is 5.97 Å². The number of ether oxygens (including phenoxy) is 4. The van der Waals surface area contributed by atoms with Crippen LogP contribution in [0.5, 0.6) is 0 Å². The van der Waals surface area contributed by atoms with Gasteiger partial charge in [-0.25, -0.2) is 0 Å². The molecule has 0 unspecified atom stereocenters. The van der Waals surface area contributed by atoms with E-state index in [4.69, 9.17) is 18.9 Å². The predicted octanol–water partition coefficient (Wildman–Crippen LogP) is 1.60. The third-order valence-electron chi connectivity index (χ3n) is 7.53. The molecule has 10 nitrogen and oxygen atoms in total. The van der Waals surface area contributed by atoms with E-state index in [9.17, 15) is 24.9 Å². The second-order valence-corrected chi connectivity index (χ2v) is 10.8. The first kappa shape index (κ1) is 32.6. The summed E-state index contributed by atoms with van der Waals surface area (Å²) in [7, 11) is 5.18. The number of carbonyl (C=O) groups is 2. The predicted molar refractivity (Wildman–Crippen MR) is 141 cm³/mol. The lowest BCUT2D eigenvalue weighted by Gasteiger charge is -2.44. The Morgan fingerprint density at radius 3 is 2.34 bits per heavy atom. The van der Waals surface area contributed by atoms with Crippen LogP contribution < -0.4 is 0 Å². The maximum absolute atomic E-state index is 12.8. The summed E-state index contributed by atoms with van der Waals surface area (Å²) in [6.07, 6.45) is -0.0172. The Balaban J connectivity index is 2.44. The molecule has 2 aliphatic heterocycles. The zero-order chi connectivity index (χ0) is 28.6. The summed E-state index contributed by atoms with van der Waals surface area (Å²) in [5.41, 5.74) is 0. The molecule has 0 radical (unpaired) electrons. The molecule has 1 saturated heterocycles. The van der Waals surface area contributed by atoms with Crippen molar-refractivity contribution in [1.29, 1.82) is 0 Å². The van der Waals surface area contributed by atoms with Crippen molar-refractivity contribution in [3.8, 4) is 0 Å². The molecular weight excluding hydrogens is 494 g/mol. The fraction of sp³-hybridized carbons (Fsp3) is 0.786. The average molecular weight is 542 g/mol. The molecule has 218 valence electrons. The molecule has 2 rings (SSSR count). The van der Waals surface area contributed by atoms with Gasteiger partial charge in [0.25, 0.3) is 0 Å². The normalized spacial score (nSPS) is 42.0. The van der Waals surface area contributed by atoms with Crippen molar-refractivity contribution in [2.45, 2.75) is 108 Å². The molecule has 3 N–H and O–H groups in total. The van der Waals surface area contributed by atoms with Crippen molar-refractivity contribution in [3.63, 3.8) is 0 Å². The van der Waals surface area contributed by atoms with Gasteiger partial charge in [0.05, 0.1) is 24.7 Å². The quantitative estimate of drug-likeness (QED) is 0.441. The summed E-state index contributed by atoms with van der Waals surface area (Å²) in [6.45, 7) is 7.22. The summed E-state index contributed by atoms with van der Waals surface area (Å²) < 4.78 is 23.4. The Kier molecular flexibility index (Phi) is 13.0. The van der Waals surface area contributed by atoms with Crippen molar-refractivity contribution in [1.82, 2.24) is 4.90 Å². The molecule has 10 heteroatoms. The molecule has 1 fully saturated rings. The molecule has 11 atom stereocenters. The fourth-order valence-electron chi connectivity index (χ4n) is 5.14. The Morgan fingerprint density at radius 2 is 1.74 bits per heavy atom. The van der Waals surface area contributed by atoms with E-state index >= 15 is 0 Å². The van der Waals surface area contributed by atoms with E-state index < -0.39 is 55.3 Å². The van der Waals surface area contributed by atoms with E-state index in [0.29, 0.717) is 19.3 Å². The number of carbonyl (C=O) groups excluding carboxylic acids is 2. The van der Waals surface area contributed by atoms with Crippen LogP contribution in [0.4, 0.5) is 0 Å². The minimum absolute atomic E-state index is 0.0994. The van der Waals surface area contributed by atoms with Crippen LogP contribution in [0.3, 0.4) is 0 Å². The minimum atomic E-state index is -1.31. The first-order valence-electron chi connectivity index (χ1n) is 13.5. The molecule has 0 bridgehead atoms. The third kappa shape index (κ3) is 8.94. The molecule has 0 spiro atoms. The van der Waals surface area contributed by atoms with E-state index in [-0.39, 0.29) is 29.8 Å². The number of allylic oxidation sites excluding steroid dienone is 3. The van der Waals surface area contributed by atoms with Crippen molar-refractivity contribution in [2.75, 3.05) is 21.2 Å². The number of aliphatic hydroxyl groups excluding tert-OH is 3. The van der Waals surface area contributed by atoms with Gasteiger partial charge in [0.2, 0.25) is 0 Å². The van der Waals surface area contributed by atoms with Crippen LogP contribution in [0.25, 0.3) is 0 Å². The van der Waals surface area contributed by atoms with Crippen molar-refractivity contribution in [2.24, 2.45) is 11.8 Å². The van der Waals surface area contributed by atoms with Crippen LogP contribution in [-0.4, -0.2) is 108 Å². The maximum atomic E-state index is 12.8. The van der Waals surface area contributed by atoms with Gasteiger partial charge in [-0.1, -0.05) is 38.5 Å². The number of hydrogen-bond acceptors (Lipinski definition) is 10. The van der Waals surface area contributed by atoms with Crippen LogP contribution in [-0.2, 0) is 28.5 Å². The number of esters is 1. The number of aliphatic hydroxyl groups is 3. The minimum Gasteiger partial charge on any atom is -0.459 e.